The molecule has 0 aliphatic carbocycles. The third kappa shape index (κ3) is 3.35. The molecule has 98 valence electrons. The van der Waals surface area contributed by atoms with E-state index in [9.17, 15) is 13.6 Å². The summed E-state index contributed by atoms with van der Waals surface area (Å²) in [5.74, 6) is -1.93. The molecule has 0 bridgehead atoms. The average Bonchev–Trinajstić information content (AvgIpc) is 2.37. The molecule has 0 spiro atoms. The minimum atomic E-state index is -0.744. The predicted octanol–water partition coefficient (Wildman–Crippen LogP) is 2.68. The summed E-state index contributed by atoms with van der Waals surface area (Å²) in [6.45, 7) is 0.315. The molecular formula is C14H12F2N2O. The molecule has 0 saturated heterocycles. The van der Waals surface area contributed by atoms with Crippen molar-refractivity contribution in [2.75, 3.05) is 5.32 Å². The van der Waals surface area contributed by atoms with E-state index in [-0.39, 0.29) is 5.69 Å². The van der Waals surface area contributed by atoms with Crippen molar-refractivity contribution >= 4 is 11.6 Å². The van der Waals surface area contributed by atoms with Crippen LogP contribution < -0.4 is 11.1 Å². The van der Waals surface area contributed by atoms with Crippen LogP contribution in [0.4, 0.5) is 14.5 Å². The first-order valence-corrected chi connectivity index (χ1v) is 5.65. The number of carbonyl (C=O) groups is 1. The summed E-state index contributed by atoms with van der Waals surface area (Å²) >= 11 is 0. The number of nitrogens with one attached hydrogen (secondary N) is 1. The molecule has 5 heteroatoms. The standard InChI is InChI=1S/C14H12F2N2O/c15-11-5-12(16)7-13(6-11)18-14(19)10-3-1-2-9(4-10)8-17/h1-7H,8,17H2,(H,18,19). The van der Waals surface area contributed by atoms with Gasteiger partial charge in [0.25, 0.3) is 5.91 Å². The second kappa shape index (κ2) is 5.58. The van der Waals surface area contributed by atoms with Gasteiger partial charge in [-0.1, -0.05) is 12.1 Å². The summed E-state index contributed by atoms with van der Waals surface area (Å²) in [7, 11) is 0. The van der Waals surface area contributed by atoms with Gasteiger partial charge in [-0.15, -0.1) is 0 Å². The summed E-state index contributed by atoms with van der Waals surface area (Å²) < 4.78 is 26.0. The zero-order valence-electron chi connectivity index (χ0n) is 9.99. The van der Waals surface area contributed by atoms with Gasteiger partial charge in [0.1, 0.15) is 11.6 Å². The second-order valence-electron chi connectivity index (χ2n) is 4.02. The van der Waals surface area contributed by atoms with Gasteiger partial charge in [-0.2, -0.15) is 0 Å². The van der Waals surface area contributed by atoms with Crippen LogP contribution in [0, 0.1) is 11.6 Å². The number of amides is 1. The van der Waals surface area contributed by atoms with Crippen LogP contribution in [0.25, 0.3) is 0 Å². The van der Waals surface area contributed by atoms with E-state index in [1.807, 2.05) is 0 Å². The molecule has 0 unspecified atom stereocenters. The van der Waals surface area contributed by atoms with Crippen LogP contribution in [0.15, 0.2) is 42.5 Å². The van der Waals surface area contributed by atoms with Crippen molar-refractivity contribution in [3.8, 4) is 0 Å². The molecule has 3 nitrogen and oxygen atoms in total. The van der Waals surface area contributed by atoms with Gasteiger partial charge in [0, 0.05) is 23.9 Å². The lowest BCUT2D eigenvalue weighted by Gasteiger charge is -2.06. The van der Waals surface area contributed by atoms with Gasteiger partial charge in [-0.05, 0) is 29.8 Å². The van der Waals surface area contributed by atoms with Crippen LogP contribution in [0.1, 0.15) is 15.9 Å². The summed E-state index contributed by atoms with van der Waals surface area (Å²) in [6.07, 6.45) is 0. The van der Waals surface area contributed by atoms with Crippen molar-refractivity contribution < 1.29 is 13.6 Å². The van der Waals surface area contributed by atoms with Crippen LogP contribution in [-0.2, 0) is 6.54 Å². The molecule has 0 heterocycles. The number of hydrogen-bond acceptors (Lipinski definition) is 2. The van der Waals surface area contributed by atoms with Gasteiger partial charge in [0.15, 0.2) is 0 Å². The zero-order chi connectivity index (χ0) is 13.8. The highest BCUT2D eigenvalue weighted by Gasteiger charge is 2.08. The maximum Gasteiger partial charge on any atom is 0.255 e. The van der Waals surface area contributed by atoms with Crippen LogP contribution in [0.5, 0.6) is 0 Å². The first kappa shape index (κ1) is 13.2. The summed E-state index contributed by atoms with van der Waals surface area (Å²) in [4.78, 5) is 11.9. The Hall–Kier alpha value is -2.27. The Morgan fingerprint density at radius 2 is 1.79 bits per heavy atom. The molecule has 2 rings (SSSR count). The molecule has 0 radical (unpaired) electrons. The number of rotatable bonds is 3. The number of nitrogens with two attached hydrogens (primary N) is 1. The fourth-order valence-corrected chi connectivity index (χ4v) is 1.67. The van der Waals surface area contributed by atoms with E-state index in [2.05, 4.69) is 5.32 Å². The van der Waals surface area contributed by atoms with Crippen LogP contribution in [0.3, 0.4) is 0 Å². The number of carbonyl (C=O) groups excluding carboxylic acids is 1. The normalized spacial score (nSPS) is 10.3. The first-order chi connectivity index (χ1) is 9.08. The number of hydrogen-bond donors (Lipinski definition) is 2. The Morgan fingerprint density at radius 1 is 1.11 bits per heavy atom. The number of benzene rings is 2. The number of halogens is 2. The topological polar surface area (TPSA) is 55.1 Å². The predicted molar refractivity (Wildman–Crippen MR) is 68.6 cm³/mol. The van der Waals surface area contributed by atoms with Crippen molar-refractivity contribution in [1.29, 1.82) is 0 Å². The number of anilines is 1. The molecule has 19 heavy (non-hydrogen) atoms. The first-order valence-electron chi connectivity index (χ1n) is 5.65. The van der Waals surface area contributed by atoms with E-state index < -0.39 is 17.5 Å². The highest BCUT2D eigenvalue weighted by molar-refractivity contribution is 6.04. The van der Waals surface area contributed by atoms with E-state index >= 15 is 0 Å². The molecule has 0 atom stereocenters. The summed E-state index contributed by atoms with van der Waals surface area (Å²) in [5, 5.41) is 2.43. The van der Waals surface area contributed by atoms with E-state index in [0.717, 1.165) is 23.8 Å². The van der Waals surface area contributed by atoms with Gasteiger partial charge in [0.05, 0.1) is 0 Å². The van der Waals surface area contributed by atoms with Crippen molar-refractivity contribution in [2.45, 2.75) is 6.54 Å². The second-order valence-corrected chi connectivity index (χ2v) is 4.02. The smallest absolute Gasteiger partial charge is 0.255 e. The third-order valence-corrected chi connectivity index (χ3v) is 2.55. The van der Waals surface area contributed by atoms with E-state index in [4.69, 9.17) is 5.73 Å². The molecule has 0 aliphatic rings. The van der Waals surface area contributed by atoms with Crippen LogP contribution in [-0.4, -0.2) is 5.91 Å². The van der Waals surface area contributed by atoms with E-state index in [1.54, 1.807) is 24.3 Å². The molecule has 0 aromatic heterocycles. The molecule has 3 N–H and O–H groups in total. The third-order valence-electron chi connectivity index (χ3n) is 2.55. The Labute approximate surface area is 109 Å². The average molecular weight is 262 g/mol. The van der Waals surface area contributed by atoms with Gasteiger partial charge < -0.3 is 11.1 Å². The minimum absolute atomic E-state index is 0.0700. The Balaban J connectivity index is 2.20. The fourth-order valence-electron chi connectivity index (χ4n) is 1.67. The van der Waals surface area contributed by atoms with Gasteiger partial charge in [-0.3, -0.25) is 4.79 Å². The van der Waals surface area contributed by atoms with Gasteiger partial charge >= 0.3 is 0 Å². The van der Waals surface area contributed by atoms with Crippen LogP contribution in [0.2, 0.25) is 0 Å². The van der Waals surface area contributed by atoms with Gasteiger partial charge in [-0.25, -0.2) is 8.78 Å². The molecule has 0 fully saturated rings. The van der Waals surface area contributed by atoms with Crippen molar-refractivity contribution in [3.63, 3.8) is 0 Å². The van der Waals surface area contributed by atoms with Gasteiger partial charge in [0.2, 0.25) is 0 Å². The quantitative estimate of drug-likeness (QED) is 0.893. The maximum absolute atomic E-state index is 13.0. The minimum Gasteiger partial charge on any atom is -0.326 e. The molecule has 2 aromatic carbocycles. The highest BCUT2D eigenvalue weighted by Crippen LogP contribution is 2.14. The van der Waals surface area contributed by atoms with Crippen molar-refractivity contribution in [1.82, 2.24) is 0 Å². The maximum atomic E-state index is 13.0. The highest BCUT2D eigenvalue weighted by atomic mass is 19.1. The SMILES string of the molecule is NCc1cccc(C(=O)Nc2cc(F)cc(F)c2)c1. The lowest BCUT2D eigenvalue weighted by atomic mass is 10.1. The fraction of sp³-hybridized carbons (Fsp3) is 0.0714. The molecular weight excluding hydrogens is 250 g/mol. The molecule has 0 saturated carbocycles. The lowest BCUT2D eigenvalue weighted by molar-refractivity contribution is 0.102. The Morgan fingerprint density at radius 3 is 2.42 bits per heavy atom. The summed E-state index contributed by atoms with van der Waals surface area (Å²) in [5.41, 5.74) is 6.74. The Kier molecular flexibility index (Phi) is 3.87. The molecule has 0 aliphatic heterocycles. The lowest BCUT2D eigenvalue weighted by Crippen LogP contribution is -2.13. The zero-order valence-corrected chi connectivity index (χ0v) is 9.99. The largest absolute Gasteiger partial charge is 0.326 e. The van der Waals surface area contributed by atoms with Crippen molar-refractivity contribution in [2.24, 2.45) is 5.73 Å². The van der Waals surface area contributed by atoms with E-state index in [0.29, 0.717) is 12.1 Å². The van der Waals surface area contributed by atoms with Crippen molar-refractivity contribution in [3.05, 3.63) is 65.2 Å². The summed E-state index contributed by atoms with van der Waals surface area (Å²) in [6, 6.07) is 9.56. The molecule has 2 aromatic rings. The molecule has 1 amide bonds. The Bertz CT molecular complexity index is 594. The monoisotopic (exact) mass is 262 g/mol. The van der Waals surface area contributed by atoms with E-state index in [1.165, 1.54) is 0 Å². The van der Waals surface area contributed by atoms with Crippen LogP contribution >= 0.6 is 0 Å².